The maximum Gasteiger partial charge on any atom is 0.156 e. The van der Waals surface area contributed by atoms with E-state index >= 15 is 0 Å². The van der Waals surface area contributed by atoms with Crippen molar-refractivity contribution in [3.05, 3.63) is 12.7 Å². The number of nitrogens with one attached hydrogen (secondary N) is 1. The summed E-state index contributed by atoms with van der Waals surface area (Å²) in [5, 5.41) is 12.7. The molecule has 0 saturated carbocycles. The fraction of sp³-hybridized carbons (Fsp3) is 0.833. The minimum absolute atomic E-state index is 0.213. The van der Waals surface area contributed by atoms with Gasteiger partial charge in [0.1, 0.15) is 18.0 Å². The van der Waals surface area contributed by atoms with E-state index in [2.05, 4.69) is 23.8 Å². The lowest BCUT2D eigenvalue weighted by Gasteiger charge is -2.12. The van der Waals surface area contributed by atoms with Crippen LogP contribution in [-0.2, 0) is 4.79 Å². The van der Waals surface area contributed by atoms with Gasteiger partial charge in [-0.05, 0) is 6.42 Å². The van der Waals surface area contributed by atoms with Crippen molar-refractivity contribution in [3.8, 4) is 0 Å². The number of ketones is 1. The monoisotopic (exact) mass is 392 g/mol. The average molecular weight is 393 g/mol. The van der Waals surface area contributed by atoms with Crippen molar-refractivity contribution in [2.75, 3.05) is 6.54 Å². The summed E-state index contributed by atoms with van der Waals surface area (Å²) >= 11 is 0. The third kappa shape index (κ3) is 11.6. The van der Waals surface area contributed by atoms with Gasteiger partial charge in [0.2, 0.25) is 0 Å². The van der Waals surface area contributed by atoms with Crippen LogP contribution in [0.15, 0.2) is 17.6 Å². The van der Waals surface area contributed by atoms with Crippen LogP contribution in [0.1, 0.15) is 110 Å². The highest BCUT2D eigenvalue weighted by atomic mass is 16.3. The first kappa shape index (κ1) is 24.9. The average Bonchev–Trinajstić information content (AvgIpc) is 3.20. The summed E-state index contributed by atoms with van der Waals surface area (Å²) < 4.78 is 0. The Morgan fingerprint density at radius 3 is 1.93 bits per heavy atom. The predicted octanol–water partition coefficient (Wildman–Crippen LogP) is 5.73. The fourth-order valence-electron chi connectivity index (χ4n) is 3.78. The van der Waals surface area contributed by atoms with Crippen LogP contribution in [-0.4, -0.2) is 35.4 Å². The lowest BCUT2D eigenvalue weighted by Crippen LogP contribution is -2.41. The minimum Gasteiger partial charge on any atom is -0.381 e. The van der Waals surface area contributed by atoms with E-state index in [1.54, 1.807) is 0 Å². The van der Waals surface area contributed by atoms with Crippen molar-refractivity contribution in [2.24, 2.45) is 4.99 Å². The van der Waals surface area contributed by atoms with Crippen molar-refractivity contribution in [1.29, 1.82) is 0 Å². The smallest absolute Gasteiger partial charge is 0.156 e. The molecule has 1 aliphatic heterocycles. The number of aliphatic hydroxyl groups is 1. The van der Waals surface area contributed by atoms with Crippen LogP contribution in [0.5, 0.6) is 0 Å². The maximum atomic E-state index is 12.2. The van der Waals surface area contributed by atoms with Gasteiger partial charge in [-0.2, -0.15) is 0 Å². The summed E-state index contributed by atoms with van der Waals surface area (Å²) in [5.74, 6) is 0.689. The van der Waals surface area contributed by atoms with E-state index in [0.717, 1.165) is 12.8 Å². The molecular formula is C24H44N2O2. The second-order valence-corrected chi connectivity index (χ2v) is 8.27. The van der Waals surface area contributed by atoms with Gasteiger partial charge in [-0.25, -0.2) is 0 Å². The number of Topliss-reactive ketones (excluding diaryl/α,β-unsaturated/α-hetero) is 1. The molecule has 1 heterocycles. The maximum absolute atomic E-state index is 12.2. The van der Waals surface area contributed by atoms with Gasteiger partial charge in [0, 0.05) is 6.42 Å². The third-order valence-electron chi connectivity index (χ3n) is 5.69. The second-order valence-electron chi connectivity index (χ2n) is 8.27. The molecule has 0 amide bonds. The van der Waals surface area contributed by atoms with E-state index in [0.29, 0.717) is 18.8 Å². The molecule has 0 aliphatic carbocycles. The van der Waals surface area contributed by atoms with Gasteiger partial charge in [-0.3, -0.25) is 9.79 Å². The Morgan fingerprint density at radius 2 is 1.46 bits per heavy atom. The Bertz CT molecular complexity index is 448. The van der Waals surface area contributed by atoms with E-state index in [1.165, 1.54) is 89.5 Å². The van der Waals surface area contributed by atoms with Crippen molar-refractivity contribution >= 4 is 11.6 Å². The molecule has 162 valence electrons. The van der Waals surface area contributed by atoms with Gasteiger partial charge >= 0.3 is 0 Å². The molecular weight excluding hydrogens is 348 g/mol. The number of hydrogen-bond acceptors (Lipinski definition) is 4. The molecule has 2 atom stereocenters. The Labute approximate surface area is 173 Å². The molecule has 4 heteroatoms. The number of aliphatic hydroxyl groups excluding tert-OH is 1. The van der Waals surface area contributed by atoms with Crippen LogP contribution in [0.2, 0.25) is 0 Å². The molecule has 0 fully saturated rings. The summed E-state index contributed by atoms with van der Waals surface area (Å²) in [4.78, 5) is 16.4. The molecule has 2 unspecified atom stereocenters. The molecule has 0 spiro atoms. The summed E-state index contributed by atoms with van der Waals surface area (Å²) in [6.45, 7) is 6.26. The minimum atomic E-state index is -0.788. The Hall–Kier alpha value is -1.16. The second kappa shape index (κ2) is 16.8. The van der Waals surface area contributed by atoms with Crippen LogP contribution >= 0.6 is 0 Å². The molecule has 4 nitrogen and oxygen atoms in total. The highest BCUT2D eigenvalue weighted by Crippen LogP contribution is 2.14. The number of rotatable bonds is 19. The standard InChI is InChI=1S/C24H44N2O2/c1-3-5-6-7-8-9-10-11-12-13-14-15-16-17-18-19-23(28)21-20-25-24(26-21)22(27)4-2/h4,21-22,27H,2-3,5-20H2,1H3,(H,25,26). The number of amidine groups is 1. The van der Waals surface area contributed by atoms with E-state index in [9.17, 15) is 9.90 Å². The van der Waals surface area contributed by atoms with Crippen LogP contribution < -0.4 is 5.32 Å². The van der Waals surface area contributed by atoms with Crippen LogP contribution in [0, 0.1) is 0 Å². The quantitative estimate of drug-likeness (QED) is 0.218. The van der Waals surface area contributed by atoms with Gasteiger partial charge in [-0.15, -0.1) is 6.58 Å². The van der Waals surface area contributed by atoms with Crippen molar-refractivity contribution in [1.82, 2.24) is 5.32 Å². The third-order valence-corrected chi connectivity index (χ3v) is 5.69. The van der Waals surface area contributed by atoms with Gasteiger partial charge in [0.15, 0.2) is 5.78 Å². The van der Waals surface area contributed by atoms with Gasteiger partial charge in [0.05, 0.1) is 6.54 Å². The van der Waals surface area contributed by atoms with Crippen molar-refractivity contribution < 1.29 is 9.90 Å². The first-order chi connectivity index (χ1) is 13.7. The highest BCUT2D eigenvalue weighted by Gasteiger charge is 2.26. The molecule has 0 bridgehead atoms. The van der Waals surface area contributed by atoms with Crippen molar-refractivity contribution in [3.63, 3.8) is 0 Å². The lowest BCUT2D eigenvalue weighted by molar-refractivity contribution is -0.120. The lowest BCUT2D eigenvalue weighted by atomic mass is 10.0. The number of unbranched alkanes of at least 4 members (excludes halogenated alkanes) is 14. The number of carbonyl (C=O) groups is 1. The highest BCUT2D eigenvalue weighted by molar-refractivity contribution is 5.96. The molecule has 0 saturated heterocycles. The zero-order chi connectivity index (χ0) is 20.5. The number of carbonyl (C=O) groups excluding carboxylic acids is 1. The normalized spacial score (nSPS) is 17.2. The van der Waals surface area contributed by atoms with Crippen LogP contribution in [0.25, 0.3) is 0 Å². The topological polar surface area (TPSA) is 61.7 Å². The molecule has 0 aromatic rings. The summed E-state index contributed by atoms with van der Waals surface area (Å²) in [6, 6.07) is -0.253. The van der Waals surface area contributed by atoms with Gasteiger partial charge in [0.25, 0.3) is 0 Å². The summed E-state index contributed by atoms with van der Waals surface area (Å²) in [6.07, 6.45) is 21.2. The van der Waals surface area contributed by atoms with E-state index in [-0.39, 0.29) is 11.8 Å². The SMILES string of the molecule is C=CC(O)C1=NCC(C(=O)CCCCCCCCCCCCCCCCC)N1. The predicted molar refractivity (Wildman–Crippen MR) is 120 cm³/mol. The molecule has 28 heavy (non-hydrogen) atoms. The molecule has 1 rings (SSSR count). The first-order valence-corrected chi connectivity index (χ1v) is 11.8. The molecule has 0 radical (unpaired) electrons. The number of nitrogens with zero attached hydrogens (tertiary/aromatic N) is 1. The van der Waals surface area contributed by atoms with Crippen LogP contribution in [0.4, 0.5) is 0 Å². The first-order valence-electron chi connectivity index (χ1n) is 11.8. The van der Waals surface area contributed by atoms with E-state index in [1.807, 2.05) is 0 Å². The zero-order valence-electron chi connectivity index (χ0n) is 18.3. The van der Waals surface area contributed by atoms with E-state index < -0.39 is 6.10 Å². The fourth-order valence-corrected chi connectivity index (χ4v) is 3.78. The summed E-state index contributed by atoms with van der Waals surface area (Å²) in [5.41, 5.74) is 0. The van der Waals surface area contributed by atoms with Gasteiger partial charge < -0.3 is 10.4 Å². The largest absolute Gasteiger partial charge is 0.381 e. The Kier molecular flexibility index (Phi) is 14.9. The Balaban J connectivity index is 1.83. The molecule has 0 aromatic heterocycles. The number of aliphatic imine (C=N–C) groups is 1. The molecule has 0 aromatic carbocycles. The van der Waals surface area contributed by atoms with Crippen molar-refractivity contribution in [2.45, 2.75) is 122 Å². The van der Waals surface area contributed by atoms with E-state index in [4.69, 9.17) is 0 Å². The molecule has 2 N–H and O–H groups in total. The summed E-state index contributed by atoms with van der Waals surface area (Å²) in [7, 11) is 0. The Morgan fingerprint density at radius 1 is 1.00 bits per heavy atom. The number of hydrogen-bond donors (Lipinski definition) is 2. The molecule has 1 aliphatic rings. The van der Waals surface area contributed by atoms with Gasteiger partial charge in [-0.1, -0.05) is 103 Å². The zero-order valence-corrected chi connectivity index (χ0v) is 18.3. The van der Waals surface area contributed by atoms with Crippen LogP contribution in [0.3, 0.4) is 0 Å².